The molecule has 0 aliphatic carbocycles. The molecule has 4 rings (SSSR count). The molecule has 0 fully saturated rings. The summed E-state index contributed by atoms with van der Waals surface area (Å²) < 4.78 is 10.6. The number of hydrogen-bond donors (Lipinski definition) is 3. The Morgan fingerprint density at radius 3 is 2.42 bits per heavy atom. The molecule has 0 atom stereocenters. The molecule has 1 heterocycles. The van der Waals surface area contributed by atoms with Crippen LogP contribution in [-0.2, 0) is 11.3 Å². The highest BCUT2D eigenvalue weighted by Gasteiger charge is 2.07. The van der Waals surface area contributed by atoms with Crippen molar-refractivity contribution in [3.8, 4) is 5.75 Å². The van der Waals surface area contributed by atoms with Gasteiger partial charge in [-0.25, -0.2) is 9.59 Å². The molecule has 0 radical (unpaired) electrons. The van der Waals surface area contributed by atoms with Crippen molar-refractivity contribution in [3.05, 3.63) is 101 Å². The Morgan fingerprint density at radius 1 is 0.818 bits per heavy atom. The Labute approximate surface area is 189 Å². The van der Waals surface area contributed by atoms with Crippen molar-refractivity contribution in [2.24, 2.45) is 0 Å². The fourth-order valence-electron chi connectivity index (χ4n) is 3.11. The van der Waals surface area contributed by atoms with Crippen molar-refractivity contribution in [1.82, 2.24) is 5.32 Å². The van der Waals surface area contributed by atoms with Crippen LogP contribution in [0.25, 0.3) is 11.0 Å². The number of hydrogen-bond acceptors (Lipinski definition) is 5. The monoisotopic (exact) mass is 443 g/mol. The maximum atomic E-state index is 12.2. The number of carbonyl (C=O) groups is 2. The van der Waals surface area contributed by atoms with Gasteiger partial charge in [0.05, 0.1) is 0 Å². The second-order valence-electron chi connectivity index (χ2n) is 7.16. The Hall–Kier alpha value is -4.59. The largest absolute Gasteiger partial charge is 0.484 e. The Kier molecular flexibility index (Phi) is 6.65. The lowest BCUT2D eigenvalue weighted by Crippen LogP contribution is -2.28. The van der Waals surface area contributed by atoms with E-state index in [0.717, 1.165) is 10.9 Å². The van der Waals surface area contributed by atoms with Crippen molar-refractivity contribution in [2.75, 3.05) is 17.2 Å². The molecule has 8 heteroatoms. The number of urea groups is 1. The fraction of sp³-hybridized carbons (Fsp3) is 0.0800. The SMILES string of the molecule is O=C(COc1ccc2ccc(=O)oc2c1)NCc1cccc(NC(=O)Nc2ccccc2)c1. The second-order valence-corrected chi connectivity index (χ2v) is 7.16. The lowest BCUT2D eigenvalue weighted by molar-refractivity contribution is -0.123. The second kappa shape index (κ2) is 10.1. The Morgan fingerprint density at radius 2 is 1.58 bits per heavy atom. The lowest BCUT2D eigenvalue weighted by Gasteiger charge is -2.10. The van der Waals surface area contributed by atoms with Gasteiger partial charge in [0.1, 0.15) is 11.3 Å². The number of fused-ring (bicyclic) bond motifs is 1. The van der Waals surface area contributed by atoms with Crippen molar-refractivity contribution in [3.63, 3.8) is 0 Å². The first-order valence-corrected chi connectivity index (χ1v) is 10.2. The van der Waals surface area contributed by atoms with Crippen molar-refractivity contribution in [1.29, 1.82) is 0 Å². The molecule has 0 bridgehead atoms. The lowest BCUT2D eigenvalue weighted by atomic mass is 10.2. The van der Waals surface area contributed by atoms with E-state index in [9.17, 15) is 14.4 Å². The van der Waals surface area contributed by atoms with Crippen LogP contribution in [0.4, 0.5) is 16.2 Å². The molecule has 0 aliphatic heterocycles. The standard InChI is InChI=1S/C25H21N3O5/c29-23(16-32-21-11-9-18-10-12-24(30)33-22(18)14-21)26-15-17-5-4-8-20(13-17)28-25(31)27-19-6-2-1-3-7-19/h1-14H,15-16H2,(H,26,29)(H2,27,28,31). The number of carbonyl (C=O) groups excluding carboxylic acids is 2. The van der Waals surface area contributed by atoms with Gasteiger partial charge in [-0.1, -0.05) is 30.3 Å². The summed E-state index contributed by atoms with van der Waals surface area (Å²) in [7, 11) is 0. The third-order valence-electron chi connectivity index (χ3n) is 4.67. The minimum atomic E-state index is -0.452. The molecule has 0 unspecified atom stereocenters. The first-order chi connectivity index (χ1) is 16.0. The van der Waals surface area contributed by atoms with Crippen LogP contribution in [-0.4, -0.2) is 18.5 Å². The van der Waals surface area contributed by atoms with Gasteiger partial charge in [0, 0.05) is 35.4 Å². The molecule has 0 saturated carbocycles. The first-order valence-electron chi connectivity index (χ1n) is 10.2. The summed E-state index contributed by atoms with van der Waals surface area (Å²) in [5.41, 5.74) is 2.04. The van der Waals surface area contributed by atoms with Crippen LogP contribution in [0.1, 0.15) is 5.56 Å². The molecule has 0 spiro atoms. The van der Waals surface area contributed by atoms with E-state index in [2.05, 4.69) is 16.0 Å². The van der Waals surface area contributed by atoms with Gasteiger partial charge in [0.15, 0.2) is 6.61 Å². The normalized spacial score (nSPS) is 10.4. The quantitative estimate of drug-likeness (QED) is 0.372. The maximum absolute atomic E-state index is 12.2. The van der Waals surface area contributed by atoms with Crippen molar-refractivity contribution < 1.29 is 18.7 Å². The molecule has 166 valence electrons. The number of benzene rings is 3. The molecule has 3 N–H and O–H groups in total. The van der Waals surface area contributed by atoms with E-state index < -0.39 is 5.63 Å². The molecule has 33 heavy (non-hydrogen) atoms. The van der Waals surface area contributed by atoms with Crippen LogP contribution < -0.4 is 26.3 Å². The molecule has 0 saturated heterocycles. The van der Waals surface area contributed by atoms with Gasteiger partial charge in [-0.3, -0.25) is 4.79 Å². The number of nitrogens with one attached hydrogen (secondary N) is 3. The fourth-order valence-corrected chi connectivity index (χ4v) is 3.11. The molecule has 0 aliphatic rings. The summed E-state index contributed by atoms with van der Waals surface area (Å²) in [5, 5.41) is 9.04. The van der Waals surface area contributed by atoms with Gasteiger partial charge in [-0.15, -0.1) is 0 Å². The van der Waals surface area contributed by atoms with Crippen LogP contribution in [0.15, 0.2) is 94.1 Å². The van der Waals surface area contributed by atoms with Crippen LogP contribution in [0.5, 0.6) is 5.75 Å². The molecular formula is C25H21N3O5. The smallest absolute Gasteiger partial charge is 0.336 e. The van der Waals surface area contributed by atoms with Crippen LogP contribution >= 0.6 is 0 Å². The number of para-hydroxylation sites is 1. The predicted molar refractivity (Wildman–Crippen MR) is 125 cm³/mol. The zero-order valence-corrected chi connectivity index (χ0v) is 17.5. The molecule has 3 amide bonds. The van der Waals surface area contributed by atoms with Crippen molar-refractivity contribution >= 4 is 34.3 Å². The summed E-state index contributed by atoms with van der Waals surface area (Å²) in [5.74, 6) is 0.104. The van der Waals surface area contributed by atoms with E-state index in [1.54, 1.807) is 54.6 Å². The Bertz CT molecular complexity index is 1330. The zero-order chi connectivity index (χ0) is 23.0. The Balaban J connectivity index is 1.27. The topological polar surface area (TPSA) is 110 Å². The van der Waals surface area contributed by atoms with Gasteiger partial charge in [0.2, 0.25) is 0 Å². The summed E-state index contributed by atoms with van der Waals surface area (Å²) in [6.07, 6.45) is 0. The van der Waals surface area contributed by atoms with Gasteiger partial charge in [-0.05, 0) is 48.0 Å². The van der Waals surface area contributed by atoms with Crippen LogP contribution in [0.3, 0.4) is 0 Å². The van der Waals surface area contributed by atoms with E-state index in [1.165, 1.54) is 6.07 Å². The minimum absolute atomic E-state index is 0.194. The number of amides is 3. The van der Waals surface area contributed by atoms with E-state index >= 15 is 0 Å². The number of ether oxygens (including phenoxy) is 1. The van der Waals surface area contributed by atoms with E-state index in [-0.39, 0.29) is 25.1 Å². The third kappa shape index (κ3) is 6.20. The number of rotatable bonds is 7. The first kappa shape index (κ1) is 21.6. The zero-order valence-electron chi connectivity index (χ0n) is 17.5. The van der Waals surface area contributed by atoms with E-state index in [1.807, 2.05) is 24.3 Å². The highest BCUT2D eigenvalue weighted by Crippen LogP contribution is 2.19. The summed E-state index contributed by atoms with van der Waals surface area (Å²) in [4.78, 5) is 35.7. The molecule has 8 nitrogen and oxygen atoms in total. The van der Waals surface area contributed by atoms with Gasteiger partial charge < -0.3 is 25.1 Å². The van der Waals surface area contributed by atoms with Crippen LogP contribution in [0, 0.1) is 0 Å². The van der Waals surface area contributed by atoms with Gasteiger partial charge in [-0.2, -0.15) is 0 Å². The van der Waals surface area contributed by atoms with E-state index in [0.29, 0.717) is 22.7 Å². The van der Waals surface area contributed by atoms with Crippen LogP contribution in [0.2, 0.25) is 0 Å². The summed E-state index contributed by atoms with van der Waals surface area (Å²) >= 11 is 0. The minimum Gasteiger partial charge on any atom is -0.484 e. The average molecular weight is 443 g/mol. The molecule has 1 aromatic heterocycles. The van der Waals surface area contributed by atoms with Crippen molar-refractivity contribution in [2.45, 2.75) is 6.54 Å². The molecule has 3 aromatic carbocycles. The summed E-state index contributed by atoms with van der Waals surface area (Å²) in [6.45, 7) is 0.0740. The average Bonchev–Trinajstić information content (AvgIpc) is 2.82. The molecular weight excluding hydrogens is 422 g/mol. The third-order valence-corrected chi connectivity index (χ3v) is 4.67. The highest BCUT2D eigenvalue weighted by atomic mass is 16.5. The maximum Gasteiger partial charge on any atom is 0.336 e. The van der Waals surface area contributed by atoms with Gasteiger partial charge in [0.25, 0.3) is 5.91 Å². The van der Waals surface area contributed by atoms with Gasteiger partial charge >= 0.3 is 11.7 Å². The molecule has 4 aromatic rings. The predicted octanol–water partition coefficient (Wildman–Crippen LogP) is 4.13. The highest BCUT2D eigenvalue weighted by molar-refractivity contribution is 5.99. The number of anilines is 2. The van der Waals surface area contributed by atoms with E-state index in [4.69, 9.17) is 9.15 Å². The summed E-state index contributed by atoms with van der Waals surface area (Å²) in [6, 6.07) is 23.9.